The minimum absolute atomic E-state index is 0.0508. The van der Waals surface area contributed by atoms with Crippen molar-refractivity contribution in [3.63, 3.8) is 0 Å². The van der Waals surface area contributed by atoms with Gasteiger partial charge in [0.2, 0.25) is 35.1 Å². The molecule has 0 saturated carbocycles. The number of hydrogen-bond acceptors (Lipinski definition) is 23. The maximum atomic E-state index is 12.5. The number of amides is 2. The second-order valence-corrected chi connectivity index (χ2v) is 27.2. The zero-order valence-corrected chi connectivity index (χ0v) is 63.0. The van der Waals surface area contributed by atoms with Gasteiger partial charge in [0.05, 0.1) is 45.2 Å². The molecule has 7 aromatic heterocycles. The van der Waals surface area contributed by atoms with E-state index in [4.69, 9.17) is 32.3 Å². The van der Waals surface area contributed by atoms with Crippen molar-refractivity contribution in [2.75, 3.05) is 38.5 Å². The molecule has 109 heavy (non-hydrogen) atoms. The van der Waals surface area contributed by atoms with Crippen molar-refractivity contribution in [1.29, 1.82) is 0 Å². The molecule has 0 fully saturated rings. The number of aryl methyl sites for hydroxylation is 8. The molecule has 0 saturated heterocycles. The third-order valence-electron chi connectivity index (χ3n) is 18.6. The number of rotatable bonds is 16. The van der Waals surface area contributed by atoms with E-state index >= 15 is 0 Å². The molecule has 12 aromatic rings. The van der Waals surface area contributed by atoms with Crippen LogP contribution in [0.3, 0.4) is 0 Å². The maximum absolute atomic E-state index is 12.5. The minimum atomic E-state index is -0.211. The van der Waals surface area contributed by atoms with Gasteiger partial charge in [-0.1, -0.05) is 77.3 Å². The van der Waals surface area contributed by atoms with Gasteiger partial charge in [0.25, 0.3) is 28.5 Å². The average molecular weight is 1480 g/mol. The first-order chi connectivity index (χ1) is 52.5. The Morgan fingerprint density at radius 1 is 0.514 bits per heavy atom. The minimum Gasteiger partial charge on any atom is -0.497 e. The Balaban J connectivity index is 0.000000135. The molecule has 5 aromatic carbocycles. The molecule has 0 atom stereocenters. The fourth-order valence-electron chi connectivity index (χ4n) is 12.1. The standard InChI is InChI=1S/C18H22N2O2.C18H22N2O.3C15H14N4O3/c1-11-5-6-13(9-12(11)2)19-17(21)16-14-10-18(3,4)8-7-15(14)22-20-16;1-12-8-9-15(10-13(12)2)20-18(21)17-16-7-5-3-4-6-14(16)11-19-17;1-10-7-8-16-19(15(10)20)9-13-17-14(18-22-13)11-3-5-12(21-2)6-4-11;1-10-7-14(20)19(16-8-10)9-13-17-15(18-22-13)11-5-3-4-6-12(11)21-2;1-10-7-8-16-19(15(10)20)9-13-17-14(18-22-13)11-5-3-4-6-12(11)21-2/h5-6,9H,7-8,10H2,1-4H3,(H,19,21);8-10H,3-7,11H2,1-2H3,(H,20,21);3*3-8H,9H2,1-2H3. The summed E-state index contributed by atoms with van der Waals surface area (Å²) < 4.78 is 40.4. The van der Waals surface area contributed by atoms with Crippen LogP contribution in [0.1, 0.15) is 131 Å². The summed E-state index contributed by atoms with van der Waals surface area (Å²) >= 11 is 0. The van der Waals surface area contributed by atoms with Crippen molar-refractivity contribution in [2.45, 2.75) is 133 Å². The normalized spacial score (nSPS) is 13.2. The number of fused-ring (bicyclic) bond motifs is 1. The number of methoxy groups -OCH3 is 3. The van der Waals surface area contributed by atoms with E-state index < -0.39 is 0 Å². The smallest absolute Gasteiger partial charge is 0.278 e. The molecule has 28 heteroatoms. The topological polar surface area (TPSA) is 346 Å². The first-order valence-electron chi connectivity index (χ1n) is 35.5. The molecule has 8 heterocycles. The van der Waals surface area contributed by atoms with Gasteiger partial charge in [-0.3, -0.25) is 29.0 Å². The van der Waals surface area contributed by atoms with E-state index in [1.54, 1.807) is 65.9 Å². The van der Waals surface area contributed by atoms with E-state index in [0.717, 1.165) is 94.9 Å². The van der Waals surface area contributed by atoms with Crippen molar-refractivity contribution in [3.8, 4) is 51.4 Å². The first-order valence-corrected chi connectivity index (χ1v) is 35.5. The van der Waals surface area contributed by atoms with Crippen molar-refractivity contribution in [2.24, 2.45) is 10.4 Å². The van der Waals surface area contributed by atoms with Gasteiger partial charge in [0.1, 0.15) is 48.4 Å². The number of carbonyl (C=O) groups is 2. The lowest BCUT2D eigenvalue weighted by Crippen LogP contribution is -2.24. The number of ether oxygens (including phenoxy) is 3. The number of anilines is 2. The summed E-state index contributed by atoms with van der Waals surface area (Å²) in [5, 5.41) is 33.8. The van der Waals surface area contributed by atoms with Gasteiger partial charge in [-0.05, 0) is 216 Å². The fraction of sp³-hybridized carbons (Fsp3) is 0.309. The highest BCUT2D eigenvalue weighted by atomic mass is 16.5. The molecule has 562 valence electrons. The van der Waals surface area contributed by atoms with Gasteiger partial charge in [0, 0.05) is 58.5 Å². The Morgan fingerprint density at radius 2 is 1.04 bits per heavy atom. The van der Waals surface area contributed by atoms with E-state index in [9.17, 15) is 24.0 Å². The van der Waals surface area contributed by atoms with Crippen LogP contribution in [0.4, 0.5) is 11.4 Å². The van der Waals surface area contributed by atoms with Gasteiger partial charge >= 0.3 is 0 Å². The molecule has 3 aliphatic rings. The highest BCUT2D eigenvalue weighted by molar-refractivity contribution is 6.49. The van der Waals surface area contributed by atoms with Gasteiger partial charge < -0.3 is 42.9 Å². The number of hydrogen-bond donors (Lipinski definition) is 2. The zero-order chi connectivity index (χ0) is 77.3. The molecule has 0 radical (unpaired) electrons. The highest BCUT2D eigenvalue weighted by Gasteiger charge is 2.33. The molecule has 2 aliphatic carbocycles. The summed E-state index contributed by atoms with van der Waals surface area (Å²) in [5.74, 6) is 4.90. The molecule has 15 rings (SSSR count). The molecular weight excluding hydrogens is 1390 g/mol. The maximum Gasteiger partial charge on any atom is 0.278 e. The monoisotopic (exact) mass is 1470 g/mol. The second kappa shape index (κ2) is 35.5. The number of nitrogens with one attached hydrogen (secondary N) is 2. The lowest BCUT2D eigenvalue weighted by Gasteiger charge is -2.28. The number of benzene rings is 5. The molecule has 0 spiro atoms. The molecule has 2 amide bonds. The second-order valence-electron chi connectivity index (χ2n) is 27.2. The summed E-state index contributed by atoms with van der Waals surface area (Å²) in [5.41, 5.74) is 15.0. The van der Waals surface area contributed by atoms with E-state index in [0.29, 0.717) is 69.2 Å². The van der Waals surface area contributed by atoms with Crippen LogP contribution in [0.25, 0.3) is 34.2 Å². The van der Waals surface area contributed by atoms with Gasteiger partial charge in [-0.15, -0.1) is 0 Å². The third-order valence-corrected chi connectivity index (χ3v) is 18.6. The van der Waals surface area contributed by atoms with Crippen LogP contribution in [-0.2, 0) is 37.3 Å². The number of carbonyl (C=O) groups excluding carboxylic acids is 2. The predicted octanol–water partition coefficient (Wildman–Crippen LogP) is 13.0. The van der Waals surface area contributed by atoms with Crippen LogP contribution in [0, 0.1) is 53.9 Å². The largest absolute Gasteiger partial charge is 0.497 e. The van der Waals surface area contributed by atoms with Crippen LogP contribution in [0.5, 0.6) is 17.2 Å². The van der Waals surface area contributed by atoms with Crippen LogP contribution < -0.4 is 41.5 Å². The van der Waals surface area contributed by atoms with E-state index in [1.165, 1.54) is 67.2 Å². The van der Waals surface area contributed by atoms with Crippen LogP contribution in [0.15, 0.2) is 195 Å². The average Bonchev–Trinajstić information content (AvgIpc) is 1.66. The molecular formula is C81H86N16O12. The summed E-state index contributed by atoms with van der Waals surface area (Å²) in [6.07, 6.45) is 13.3. The Bertz CT molecular complexity index is 5470. The van der Waals surface area contributed by atoms with Crippen molar-refractivity contribution in [1.82, 2.24) is 64.9 Å². The number of nitrogens with zero attached hydrogens (tertiary/aromatic N) is 14. The van der Waals surface area contributed by atoms with Crippen molar-refractivity contribution >= 4 is 28.9 Å². The molecule has 28 nitrogen and oxygen atoms in total. The quantitative estimate of drug-likeness (QED) is 0.0907. The summed E-state index contributed by atoms with van der Waals surface area (Å²) in [4.78, 5) is 78.1. The Hall–Kier alpha value is -12.9. The van der Waals surface area contributed by atoms with Crippen molar-refractivity contribution < 1.29 is 41.9 Å². The third kappa shape index (κ3) is 19.8. The summed E-state index contributed by atoms with van der Waals surface area (Å²) in [6.45, 7) is 19.1. The Kier molecular flexibility index (Phi) is 25.1. The van der Waals surface area contributed by atoms with Gasteiger partial charge in [-0.25, -0.2) is 14.0 Å². The predicted molar refractivity (Wildman–Crippen MR) is 409 cm³/mol. The van der Waals surface area contributed by atoms with Crippen LogP contribution in [0.2, 0.25) is 0 Å². The zero-order valence-electron chi connectivity index (χ0n) is 63.0. The van der Waals surface area contributed by atoms with E-state index in [2.05, 4.69) is 101 Å². The van der Waals surface area contributed by atoms with Gasteiger partial charge in [-0.2, -0.15) is 30.2 Å². The van der Waals surface area contributed by atoms with Crippen LogP contribution >= 0.6 is 0 Å². The van der Waals surface area contributed by atoms with Crippen molar-refractivity contribution in [3.05, 3.63) is 262 Å². The lowest BCUT2D eigenvalue weighted by molar-refractivity contribution is -0.110. The number of aliphatic imine (C=N–C) groups is 1. The first kappa shape index (κ1) is 77.2. The Labute approximate surface area is 628 Å². The number of aromatic nitrogens is 13. The van der Waals surface area contributed by atoms with Gasteiger partial charge in [0.15, 0.2) is 5.69 Å². The highest BCUT2D eigenvalue weighted by Crippen LogP contribution is 2.37. The summed E-state index contributed by atoms with van der Waals surface area (Å²) in [6, 6.07) is 38.8. The SMILES string of the molecule is COc1ccc(-c2noc(Cn3nccc(C)c3=O)n2)cc1.COc1ccccc1-c1noc(Cn2ncc(C)cc2=O)n1.COc1ccccc1-c1noc(Cn2nccc(C)c2=O)n1.Cc1ccc(NC(=O)C2=NCC3=C2CCCCC3)cc1C.Cc1ccc(NC(=O)c2noc3c2CC(C)(C)CC3)cc1C. The molecule has 0 unspecified atom stereocenters. The molecule has 1 aliphatic heterocycles. The Morgan fingerprint density at radius 3 is 1.58 bits per heavy atom. The lowest BCUT2D eigenvalue weighted by atomic mass is 9.76. The fourth-order valence-corrected chi connectivity index (χ4v) is 12.1. The number of para-hydroxylation sites is 2. The summed E-state index contributed by atoms with van der Waals surface area (Å²) in [7, 11) is 4.76. The molecule has 0 bridgehead atoms. The molecule has 2 N–H and O–H groups in total. The van der Waals surface area contributed by atoms with E-state index in [-0.39, 0.29) is 53.5 Å². The van der Waals surface area contributed by atoms with E-state index in [1.807, 2.05) is 123 Å². The van der Waals surface area contributed by atoms with Crippen LogP contribution in [-0.4, -0.2) is 110 Å².